The quantitative estimate of drug-likeness (QED) is 0.802. The van der Waals surface area contributed by atoms with E-state index < -0.39 is 0 Å². The highest BCUT2D eigenvalue weighted by molar-refractivity contribution is 7.10. The number of nitrogens with zero attached hydrogens (tertiary/aromatic N) is 3. The number of hydrogen-bond donors (Lipinski definition) is 1. The molecule has 5 nitrogen and oxygen atoms in total. The molecule has 2 heterocycles. The molecule has 3 rings (SSSR count). The van der Waals surface area contributed by atoms with E-state index in [1.165, 1.54) is 11.5 Å². The molecule has 0 atom stereocenters. The van der Waals surface area contributed by atoms with E-state index in [4.69, 9.17) is 10.3 Å². The molecule has 0 fully saturated rings. The minimum Gasteiger partial charge on any atom is -0.389 e. The number of nitrogen functional groups attached to an aromatic ring is 1. The van der Waals surface area contributed by atoms with E-state index in [2.05, 4.69) is 40.5 Å². The minimum atomic E-state index is -0.338. The lowest BCUT2D eigenvalue weighted by Crippen LogP contribution is -2.20. The van der Waals surface area contributed by atoms with Gasteiger partial charge in [-0.25, -0.2) is 0 Å². The van der Waals surface area contributed by atoms with Crippen molar-refractivity contribution < 1.29 is 4.52 Å². The van der Waals surface area contributed by atoms with E-state index in [-0.39, 0.29) is 5.41 Å². The molecule has 0 bridgehead atoms. The lowest BCUT2D eigenvalue weighted by Gasteiger charge is -2.20. The second-order valence-corrected chi connectivity index (χ2v) is 6.23. The molecular formula is C15H16N4OS. The molecule has 0 saturated carbocycles. The van der Waals surface area contributed by atoms with Gasteiger partial charge in [-0.15, -0.1) is 0 Å². The molecule has 0 aliphatic carbocycles. The van der Waals surface area contributed by atoms with Crippen molar-refractivity contribution in [2.75, 3.05) is 5.73 Å². The fourth-order valence-electron chi connectivity index (χ4n) is 2.21. The van der Waals surface area contributed by atoms with Crippen LogP contribution < -0.4 is 5.73 Å². The van der Waals surface area contributed by atoms with Crippen LogP contribution in [0, 0.1) is 6.92 Å². The maximum absolute atomic E-state index is 5.93. The van der Waals surface area contributed by atoms with E-state index in [9.17, 15) is 0 Å². The Morgan fingerprint density at radius 2 is 1.90 bits per heavy atom. The van der Waals surface area contributed by atoms with Gasteiger partial charge in [0.05, 0.1) is 16.7 Å². The van der Waals surface area contributed by atoms with E-state index in [0.717, 1.165) is 16.8 Å². The Hall–Kier alpha value is -2.21. The Morgan fingerprint density at radius 3 is 2.52 bits per heavy atom. The van der Waals surface area contributed by atoms with Crippen LogP contribution in [0.1, 0.15) is 30.9 Å². The fraction of sp³-hybridized carbons (Fsp3) is 0.267. The third-order valence-corrected chi connectivity index (χ3v) is 4.35. The Morgan fingerprint density at radius 1 is 1.19 bits per heavy atom. The Bertz CT molecular complexity index is 742. The molecule has 3 aromatic rings. The van der Waals surface area contributed by atoms with Gasteiger partial charge in [-0.3, -0.25) is 0 Å². The molecule has 2 N–H and O–H groups in total. The van der Waals surface area contributed by atoms with Crippen LogP contribution >= 0.6 is 11.5 Å². The zero-order valence-corrected chi connectivity index (χ0v) is 12.9. The molecule has 2 aromatic heterocycles. The van der Waals surface area contributed by atoms with Crippen LogP contribution in [-0.4, -0.2) is 14.5 Å². The summed E-state index contributed by atoms with van der Waals surface area (Å²) in [5.41, 5.74) is 8.27. The zero-order valence-electron chi connectivity index (χ0n) is 12.1. The molecule has 108 valence electrons. The summed E-state index contributed by atoms with van der Waals surface area (Å²) in [5, 5.41) is 4.74. The Kier molecular flexibility index (Phi) is 3.25. The van der Waals surface area contributed by atoms with E-state index in [0.29, 0.717) is 16.7 Å². The Labute approximate surface area is 127 Å². The molecule has 6 heteroatoms. The summed E-state index contributed by atoms with van der Waals surface area (Å²) in [6, 6.07) is 10.1. The van der Waals surface area contributed by atoms with E-state index >= 15 is 0 Å². The number of aromatic nitrogens is 3. The van der Waals surface area contributed by atoms with Gasteiger partial charge in [-0.2, -0.15) is 9.36 Å². The monoisotopic (exact) mass is 300 g/mol. The van der Waals surface area contributed by atoms with Crippen LogP contribution in [0.5, 0.6) is 0 Å². The maximum Gasteiger partial charge on any atom is 0.262 e. The molecule has 0 amide bonds. The highest BCUT2D eigenvalue weighted by Crippen LogP contribution is 2.34. The third kappa shape index (κ3) is 2.31. The number of rotatable bonds is 3. The first-order chi connectivity index (χ1) is 10.00. The van der Waals surface area contributed by atoms with Crippen molar-refractivity contribution in [3.05, 3.63) is 47.4 Å². The standard InChI is InChI=1S/C15H16N4OS/c1-9-11(12(16)21-19-9)13-17-14(18-20-13)15(2,3)10-7-5-4-6-8-10/h4-8H,16H2,1-3H3. The molecule has 1 aromatic carbocycles. The van der Waals surface area contributed by atoms with Crippen molar-refractivity contribution in [1.29, 1.82) is 0 Å². The van der Waals surface area contributed by atoms with E-state index in [1.54, 1.807) is 0 Å². The topological polar surface area (TPSA) is 77.8 Å². The summed E-state index contributed by atoms with van der Waals surface area (Å²) in [7, 11) is 0. The molecule has 0 aliphatic rings. The van der Waals surface area contributed by atoms with Gasteiger partial charge in [-0.1, -0.05) is 35.5 Å². The van der Waals surface area contributed by atoms with Crippen LogP contribution in [0.15, 0.2) is 34.9 Å². The lowest BCUT2D eigenvalue weighted by molar-refractivity contribution is 0.408. The highest BCUT2D eigenvalue weighted by atomic mass is 32.1. The van der Waals surface area contributed by atoms with Crippen molar-refractivity contribution in [3.8, 4) is 11.5 Å². The molecule has 21 heavy (non-hydrogen) atoms. The summed E-state index contributed by atoms with van der Waals surface area (Å²) in [6.07, 6.45) is 0. The summed E-state index contributed by atoms with van der Waals surface area (Å²) in [6.45, 7) is 6.02. The van der Waals surface area contributed by atoms with Gasteiger partial charge >= 0.3 is 0 Å². The van der Waals surface area contributed by atoms with Crippen molar-refractivity contribution >= 4 is 16.5 Å². The zero-order chi connectivity index (χ0) is 15.0. The van der Waals surface area contributed by atoms with Crippen molar-refractivity contribution in [3.63, 3.8) is 0 Å². The fourth-order valence-corrected chi connectivity index (χ4v) is 2.86. The van der Waals surface area contributed by atoms with Gasteiger partial charge in [-0.05, 0) is 37.9 Å². The van der Waals surface area contributed by atoms with Gasteiger partial charge in [0.25, 0.3) is 5.89 Å². The molecular weight excluding hydrogens is 284 g/mol. The van der Waals surface area contributed by atoms with Crippen molar-refractivity contribution in [2.24, 2.45) is 0 Å². The molecule has 0 aliphatic heterocycles. The number of benzene rings is 1. The predicted octanol–water partition coefficient (Wildman–Crippen LogP) is 3.41. The van der Waals surface area contributed by atoms with Gasteiger partial charge in [0, 0.05) is 0 Å². The lowest BCUT2D eigenvalue weighted by atomic mass is 9.84. The van der Waals surface area contributed by atoms with Gasteiger partial charge in [0.15, 0.2) is 5.82 Å². The maximum atomic E-state index is 5.93. The smallest absolute Gasteiger partial charge is 0.262 e. The summed E-state index contributed by atoms with van der Waals surface area (Å²) < 4.78 is 9.62. The highest BCUT2D eigenvalue weighted by Gasteiger charge is 2.30. The van der Waals surface area contributed by atoms with Gasteiger partial charge < -0.3 is 10.3 Å². The summed E-state index contributed by atoms with van der Waals surface area (Å²) in [5.74, 6) is 1.06. The molecule has 0 unspecified atom stereocenters. The summed E-state index contributed by atoms with van der Waals surface area (Å²) in [4.78, 5) is 4.53. The van der Waals surface area contributed by atoms with Gasteiger partial charge in [0.1, 0.15) is 5.00 Å². The number of anilines is 1. The van der Waals surface area contributed by atoms with E-state index in [1.807, 2.05) is 25.1 Å². The average molecular weight is 300 g/mol. The first-order valence-corrected chi connectivity index (χ1v) is 7.39. The van der Waals surface area contributed by atoms with Crippen LogP contribution in [0.25, 0.3) is 11.5 Å². The first kappa shape index (κ1) is 13.8. The van der Waals surface area contributed by atoms with Crippen molar-refractivity contribution in [2.45, 2.75) is 26.2 Å². The summed E-state index contributed by atoms with van der Waals surface area (Å²) >= 11 is 1.24. The average Bonchev–Trinajstić information content (AvgIpc) is 3.07. The van der Waals surface area contributed by atoms with Crippen LogP contribution in [0.3, 0.4) is 0 Å². The minimum absolute atomic E-state index is 0.338. The molecule has 0 radical (unpaired) electrons. The number of aryl methyl sites for hydroxylation is 1. The van der Waals surface area contributed by atoms with Crippen LogP contribution in [-0.2, 0) is 5.41 Å². The SMILES string of the molecule is Cc1nsc(N)c1-c1nc(C(C)(C)c2ccccc2)no1. The largest absolute Gasteiger partial charge is 0.389 e. The van der Waals surface area contributed by atoms with Crippen molar-refractivity contribution in [1.82, 2.24) is 14.5 Å². The van der Waals surface area contributed by atoms with Crippen LogP contribution in [0.2, 0.25) is 0 Å². The second-order valence-electron chi connectivity index (χ2n) is 5.42. The van der Waals surface area contributed by atoms with Gasteiger partial charge in [0.2, 0.25) is 0 Å². The second kappa shape index (κ2) is 4.96. The number of nitrogens with two attached hydrogens (primary N) is 1. The first-order valence-electron chi connectivity index (χ1n) is 6.62. The molecule has 0 saturated heterocycles. The number of hydrogen-bond acceptors (Lipinski definition) is 6. The molecule has 0 spiro atoms. The normalized spacial score (nSPS) is 11.8. The third-order valence-electron chi connectivity index (χ3n) is 3.58. The van der Waals surface area contributed by atoms with Crippen LogP contribution in [0.4, 0.5) is 5.00 Å². The Balaban J connectivity index is 2.03. The predicted molar refractivity (Wildman–Crippen MR) is 83.1 cm³/mol.